The molecule has 0 spiro atoms. The second kappa shape index (κ2) is 21.1. The highest BCUT2D eigenvalue weighted by Crippen LogP contribution is 2.44. The van der Waals surface area contributed by atoms with E-state index in [1.165, 1.54) is 0 Å². The van der Waals surface area contributed by atoms with Gasteiger partial charge in [0.1, 0.15) is 0 Å². The third-order valence-electron chi connectivity index (χ3n) is 16.9. The molecule has 3 saturated heterocycles. The molecule has 0 bridgehead atoms. The molecule has 0 aliphatic carbocycles. The van der Waals surface area contributed by atoms with Gasteiger partial charge in [-0.05, 0) is 134 Å². The van der Waals surface area contributed by atoms with E-state index in [1.807, 2.05) is 134 Å². The standard InChI is InChI=1S/C30H27BN2O2.C24H15BrN2.C12H24B2O4/c1-29(2)30(3,4)35-31(34-29)25-19-18-23(21-14-8-9-15-22(21)25)28-32-26-17-11-10-16-24(26)27(33-28)20-12-6-5-7-13-20;25-21-15-14-19(17-10-4-5-11-18(17)21)24-26-22-13-7-6-12-20(22)23(27-24)16-8-2-1-3-9-16;1-9(2)10(3,4)16-13(15-9)14-17-11(5,6)12(7,8)18-14/h5-19H,1-4H3;1-15H;1-8H3. The molecule has 10 aromatic rings. The number of hydrogen-bond donors (Lipinski definition) is 0. The summed E-state index contributed by atoms with van der Waals surface area (Å²) >= 11 is 3.65. The summed E-state index contributed by atoms with van der Waals surface area (Å²) in [5.41, 5.74) is 6.76. The lowest BCUT2D eigenvalue weighted by Crippen LogP contribution is -2.41. The lowest BCUT2D eigenvalue weighted by molar-refractivity contribution is 0.00578. The van der Waals surface area contributed by atoms with E-state index < -0.39 is 32.3 Å². The molecule has 13 rings (SSSR count). The Labute approximate surface area is 479 Å². The second-order valence-corrected chi connectivity index (χ2v) is 24.6. The minimum Gasteiger partial charge on any atom is -0.405 e. The van der Waals surface area contributed by atoms with Crippen molar-refractivity contribution in [1.29, 1.82) is 0 Å². The smallest absolute Gasteiger partial charge is 0.405 e. The lowest BCUT2D eigenvalue weighted by Gasteiger charge is -2.32. The second-order valence-electron chi connectivity index (χ2n) is 23.8. The minimum atomic E-state index is -0.476. The first-order valence-electron chi connectivity index (χ1n) is 27.4. The summed E-state index contributed by atoms with van der Waals surface area (Å²) in [5, 5.41) is 6.57. The predicted molar refractivity (Wildman–Crippen MR) is 331 cm³/mol. The molecule has 0 radical (unpaired) electrons. The molecule has 3 aliphatic heterocycles. The monoisotopic (exact) mass is 1120 g/mol. The number of benzene rings is 8. The van der Waals surface area contributed by atoms with E-state index in [9.17, 15) is 0 Å². The minimum absolute atomic E-state index is 0.360. The maximum Gasteiger partial charge on any atom is 0.495 e. The number of aromatic nitrogens is 4. The van der Waals surface area contributed by atoms with Gasteiger partial charge < -0.3 is 27.9 Å². The first-order chi connectivity index (χ1) is 38.0. The number of rotatable bonds is 6. The summed E-state index contributed by atoms with van der Waals surface area (Å²) in [4.78, 5) is 20.0. The summed E-state index contributed by atoms with van der Waals surface area (Å²) in [6, 6.07) is 62.0. The topological polar surface area (TPSA) is 107 Å². The van der Waals surface area contributed by atoms with Crippen molar-refractivity contribution < 1.29 is 27.9 Å². The van der Waals surface area contributed by atoms with Gasteiger partial charge in [-0.2, -0.15) is 0 Å². The van der Waals surface area contributed by atoms with Crippen molar-refractivity contribution in [3.05, 3.63) is 186 Å². The van der Waals surface area contributed by atoms with Gasteiger partial charge in [0.2, 0.25) is 0 Å². The van der Waals surface area contributed by atoms with Crippen LogP contribution in [0.15, 0.2) is 186 Å². The molecule has 80 heavy (non-hydrogen) atoms. The van der Waals surface area contributed by atoms with Crippen molar-refractivity contribution in [1.82, 2.24) is 19.9 Å². The van der Waals surface area contributed by atoms with Gasteiger partial charge in [0.15, 0.2) is 11.6 Å². The first-order valence-corrected chi connectivity index (χ1v) is 28.2. The normalized spacial score (nSPS) is 18.3. The molecule has 3 fully saturated rings. The first kappa shape index (κ1) is 55.3. The van der Waals surface area contributed by atoms with Gasteiger partial charge in [0.25, 0.3) is 0 Å². The molecule has 0 atom stereocenters. The number of nitrogens with zero attached hydrogens (tertiary/aromatic N) is 4. The van der Waals surface area contributed by atoms with E-state index in [2.05, 4.69) is 147 Å². The number of hydrogen-bond acceptors (Lipinski definition) is 10. The molecule has 2 aromatic heterocycles. The summed E-state index contributed by atoms with van der Waals surface area (Å²) in [6.07, 6.45) is 0. The van der Waals surface area contributed by atoms with Gasteiger partial charge in [-0.25, -0.2) is 19.9 Å². The van der Waals surface area contributed by atoms with E-state index in [0.717, 1.165) is 92.8 Å². The maximum atomic E-state index is 6.38. The van der Waals surface area contributed by atoms with E-state index in [-0.39, 0.29) is 22.4 Å². The van der Waals surface area contributed by atoms with E-state index in [0.29, 0.717) is 5.82 Å². The predicted octanol–water partition coefficient (Wildman–Crippen LogP) is 15.5. The molecule has 5 heterocycles. The molecule has 0 unspecified atom stereocenters. The Morgan fingerprint density at radius 1 is 0.312 bits per heavy atom. The fraction of sp³-hybridized carbons (Fsp3) is 0.273. The molecule has 10 nitrogen and oxygen atoms in total. The largest absolute Gasteiger partial charge is 0.495 e. The molecular formula is C66H66B3BrN4O6. The van der Waals surface area contributed by atoms with E-state index in [1.54, 1.807) is 0 Å². The van der Waals surface area contributed by atoms with Crippen LogP contribution in [0.4, 0.5) is 0 Å². The van der Waals surface area contributed by atoms with Gasteiger partial charge in [-0.1, -0.05) is 174 Å². The zero-order valence-corrected chi connectivity index (χ0v) is 49.3. The van der Waals surface area contributed by atoms with Crippen LogP contribution >= 0.6 is 15.9 Å². The molecule has 0 saturated carbocycles. The van der Waals surface area contributed by atoms with Crippen LogP contribution in [0.2, 0.25) is 0 Å². The van der Waals surface area contributed by atoms with E-state index in [4.69, 9.17) is 47.9 Å². The highest BCUT2D eigenvalue weighted by molar-refractivity contribution is 9.10. The molecule has 0 amide bonds. The molecule has 14 heteroatoms. The maximum absolute atomic E-state index is 6.38. The van der Waals surface area contributed by atoms with Crippen LogP contribution in [0.25, 0.3) is 88.6 Å². The van der Waals surface area contributed by atoms with Gasteiger partial charge >= 0.3 is 21.1 Å². The van der Waals surface area contributed by atoms with E-state index >= 15 is 0 Å². The summed E-state index contributed by atoms with van der Waals surface area (Å²) in [6.45, 7) is 24.5. The molecule has 8 aromatic carbocycles. The Kier molecular flexibility index (Phi) is 14.6. The third kappa shape index (κ3) is 10.4. The van der Waals surface area contributed by atoms with Crippen molar-refractivity contribution >= 4 is 85.9 Å². The van der Waals surface area contributed by atoms with Crippen LogP contribution in [-0.4, -0.2) is 74.7 Å². The fourth-order valence-corrected chi connectivity index (χ4v) is 10.7. The quantitative estimate of drug-likeness (QED) is 0.149. The number of fused-ring (bicyclic) bond motifs is 4. The van der Waals surface area contributed by atoms with Gasteiger partial charge in [-0.15, -0.1) is 0 Å². The zero-order valence-electron chi connectivity index (χ0n) is 47.7. The van der Waals surface area contributed by atoms with Crippen LogP contribution in [0, 0.1) is 0 Å². The average Bonchev–Trinajstić information content (AvgIpc) is 4.01. The molecule has 3 aliphatic rings. The molecule has 402 valence electrons. The van der Waals surface area contributed by atoms with Crippen LogP contribution in [-0.2, 0) is 27.9 Å². The Bertz CT molecular complexity index is 3850. The van der Waals surface area contributed by atoms with Crippen molar-refractivity contribution in [3.63, 3.8) is 0 Å². The highest BCUT2D eigenvalue weighted by atomic mass is 79.9. The van der Waals surface area contributed by atoms with Crippen LogP contribution in [0.5, 0.6) is 0 Å². The van der Waals surface area contributed by atoms with Crippen molar-refractivity contribution in [3.8, 4) is 45.3 Å². The number of halogens is 1. The Hall–Kier alpha value is -6.61. The van der Waals surface area contributed by atoms with Crippen LogP contribution in [0.1, 0.15) is 83.1 Å². The third-order valence-corrected chi connectivity index (χ3v) is 17.6. The van der Waals surface area contributed by atoms with Crippen LogP contribution < -0.4 is 5.46 Å². The van der Waals surface area contributed by atoms with Crippen molar-refractivity contribution in [2.45, 2.75) is 117 Å². The molecule has 0 N–H and O–H groups in total. The SMILES string of the molecule is Brc1ccc(-c2nc(-c3ccccc3)c3ccccc3n2)c2ccccc12.CC1(C)OB(B2OC(C)(C)C(C)(C)O2)OC1(C)C.CC1(C)OB(c2ccc(-c3nc(-c4ccccc4)c4ccccc4n3)c3ccccc23)OC1(C)C. The van der Waals surface area contributed by atoms with Crippen molar-refractivity contribution in [2.24, 2.45) is 0 Å². The highest BCUT2D eigenvalue weighted by Gasteiger charge is 2.64. The summed E-state index contributed by atoms with van der Waals surface area (Å²) < 4.78 is 37.7. The Morgan fingerprint density at radius 2 is 0.637 bits per heavy atom. The van der Waals surface area contributed by atoms with Crippen LogP contribution in [0.3, 0.4) is 0 Å². The Morgan fingerprint density at radius 3 is 1.06 bits per heavy atom. The van der Waals surface area contributed by atoms with Crippen molar-refractivity contribution in [2.75, 3.05) is 0 Å². The van der Waals surface area contributed by atoms with Gasteiger partial charge in [-0.3, -0.25) is 0 Å². The molecular weight excluding hydrogens is 1060 g/mol. The zero-order chi connectivity index (χ0) is 56.4. The average molecular weight is 1120 g/mol. The fourth-order valence-electron chi connectivity index (χ4n) is 10.2. The Balaban J connectivity index is 0.000000134. The van der Waals surface area contributed by atoms with Gasteiger partial charge in [0.05, 0.1) is 56.0 Å². The lowest BCUT2D eigenvalue weighted by atomic mass is 9.49. The van der Waals surface area contributed by atoms with Gasteiger partial charge in [0, 0.05) is 37.5 Å². The number of para-hydroxylation sites is 2. The summed E-state index contributed by atoms with van der Waals surface area (Å²) in [5.74, 6) is 1.45. The summed E-state index contributed by atoms with van der Waals surface area (Å²) in [7, 11) is -1.39.